The first-order chi connectivity index (χ1) is 19.4. The Balaban J connectivity index is 1.50. The van der Waals surface area contributed by atoms with Gasteiger partial charge < -0.3 is 20.3 Å². The molecule has 1 aromatic heterocycles. The largest absolute Gasteiger partial charge is 0.492 e. The number of para-hydroxylation sites is 2. The van der Waals surface area contributed by atoms with E-state index in [1.807, 2.05) is 106 Å². The van der Waals surface area contributed by atoms with Crippen LogP contribution >= 0.6 is 23.4 Å². The zero-order valence-corrected chi connectivity index (χ0v) is 24.4. The smallest absolute Gasteiger partial charge is 0.255 e. The molecule has 1 atom stereocenters. The Bertz CT molecular complexity index is 1550. The first kappa shape index (κ1) is 27.6. The molecule has 0 spiro atoms. The molecule has 1 amide bonds. The molecular formula is C30H31ClN6O2S. The van der Waals surface area contributed by atoms with Crippen molar-refractivity contribution in [3.63, 3.8) is 0 Å². The molecule has 0 radical (unpaired) electrons. The van der Waals surface area contributed by atoms with Crippen LogP contribution in [0.25, 0.3) is 0 Å². The molecule has 2 heterocycles. The lowest BCUT2D eigenvalue weighted by Crippen LogP contribution is -2.31. The highest BCUT2D eigenvalue weighted by Gasteiger charge is 2.34. The van der Waals surface area contributed by atoms with Crippen LogP contribution in [0.15, 0.2) is 89.2 Å². The number of rotatable bonds is 9. The summed E-state index contributed by atoms with van der Waals surface area (Å²) in [5, 5.41) is 12.5. The van der Waals surface area contributed by atoms with E-state index in [4.69, 9.17) is 26.4 Å². The summed E-state index contributed by atoms with van der Waals surface area (Å²) in [7, 11) is 3.99. The van der Waals surface area contributed by atoms with Crippen molar-refractivity contribution in [2.75, 3.05) is 36.2 Å². The van der Waals surface area contributed by atoms with Crippen molar-refractivity contribution in [1.29, 1.82) is 0 Å². The second-order valence-corrected chi connectivity index (χ2v) is 10.8. The lowest BCUT2D eigenvalue weighted by Gasteiger charge is -2.29. The number of nitrogens with one attached hydrogen (secondary N) is 2. The number of halogens is 1. The molecule has 0 saturated carbocycles. The van der Waals surface area contributed by atoms with E-state index in [1.54, 1.807) is 4.68 Å². The van der Waals surface area contributed by atoms with Crippen molar-refractivity contribution < 1.29 is 9.53 Å². The highest BCUT2D eigenvalue weighted by Crippen LogP contribution is 2.38. The highest BCUT2D eigenvalue weighted by atomic mass is 35.5. The fraction of sp³-hybridized carbons (Fsp3) is 0.233. The van der Waals surface area contributed by atoms with Crippen LogP contribution in [0.3, 0.4) is 0 Å². The van der Waals surface area contributed by atoms with Gasteiger partial charge in [0.05, 0.1) is 17.9 Å². The summed E-state index contributed by atoms with van der Waals surface area (Å²) >= 11 is 7.86. The summed E-state index contributed by atoms with van der Waals surface area (Å²) in [5.41, 5.74) is 4.85. The van der Waals surface area contributed by atoms with Crippen molar-refractivity contribution in [3.8, 4) is 5.75 Å². The van der Waals surface area contributed by atoms with E-state index in [2.05, 4.69) is 10.6 Å². The van der Waals surface area contributed by atoms with E-state index >= 15 is 0 Å². The minimum Gasteiger partial charge on any atom is -0.492 e. The van der Waals surface area contributed by atoms with E-state index in [0.29, 0.717) is 51.2 Å². The average molecular weight is 575 g/mol. The number of hydrogen-bond donors (Lipinski definition) is 2. The topological polar surface area (TPSA) is 84.3 Å². The number of thioether (sulfide) groups is 1. The Kier molecular flexibility index (Phi) is 8.32. The van der Waals surface area contributed by atoms with Gasteiger partial charge in [0.15, 0.2) is 0 Å². The number of allylic oxidation sites excluding steroid dienone is 1. The lowest BCUT2D eigenvalue weighted by atomic mass is 9.94. The van der Waals surface area contributed by atoms with Gasteiger partial charge in [-0.1, -0.05) is 65.8 Å². The highest BCUT2D eigenvalue weighted by molar-refractivity contribution is 7.98. The SMILES string of the molecule is CCOc1ccccc1NC(=O)C1=C(C)Nc2nc(SCc3ccccc3Cl)nn2C1c1ccc(N(C)C)cc1. The van der Waals surface area contributed by atoms with Crippen molar-refractivity contribution >= 4 is 46.6 Å². The predicted molar refractivity (Wildman–Crippen MR) is 163 cm³/mol. The Hall–Kier alpha value is -3.95. The summed E-state index contributed by atoms with van der Waals surface area (Å²) < 4.78 is 7.53. The number of amides is 1. The van der Waals surface area contributed by atoms with Crippen molar-refractivity contribution in [2.45, 2.75) is 30.8 Å². The molecule has 5 rings (SSSR count). The van der Waals surface area contributed by atoms with Gasteiger partial charge in [0.25, 0.3) is 5.91 Å². The number of aromatic nitrogens is 3. The first-order valence-electron chi connectivity index (χ1n) is 13.0. The van der Waals surface area contributed by atoms with Gasteiger partial charge in [-0.2, -0.15) is 4.98 Å². The van der Waals surface area contributed by atoms with Gasteiger partial charge in [-0.25, -0.2) is 4.68 Å². The second-order valence-electron chi connectivity index (χ2n) is 9.48. The van der Waals surface area contributed by atoms with Crippen LogP contribution in [0.5, 0.6) is 5.75 Å². The maximum atomic E-state index is 13.9. The lowest BCUT2D eigenvalue weighted by molar-refractivity contribution is -0.113. The number of carbonyl (C=O) groups is 1. The van der Waals surface area contributed by atoms with Crippen molar-refractivity contribution in [2.24, 2.45) is 0 Å². The van der Waals surface area contributed by atoms with E-state index < -0.39 is 6.04 Å². The molecule has 1 aliphatic heterocycles. The third-order valence-corrected chi connectivity index (χ3v) is 7.81. The number of nitrogens with zero attached hydrogens (tertiary/aromatic N) is 4. The number of carbonyl (C=O) groups excluding carboxylic acids is 1. The molecular weight excluding hydrogens is 544 g/mol. The van der Waals surface area contributed by atoms with Crippen LogP contribution in [0.4, 0.5) is 17.3 Å². The van der Waals surface area contributed by atoms with Gasteiger partial charge in [-0.05, 0) is 55.3 Å². The number of hydrogen-bond acceptors (Lipinski definition) is 7. The Labute approximate surface area is 243 Å². The van der Waals surface area contributed by atoms with E-state index in [1.165, 1.54) is 11.8 Å². The monoisotopic (exact) mass is 574 g/mol. The third-order valence-electron chi connectivity index (χ3n) is 6.55. The number of fused-ring (bicyclic) bond motifs is 1. The molecule has 0 saturated heterocycles. The van der Waals surface area contributed by atoms with Gasteiger partial charge in [0, 0.05) is 36.3 Å². The van der Waals surface area contributed by atoms with Gasteiger partial charge in [-0.15, -0.1) is 5.10 Å². The quantitative estimate of drug-likeness (QED) is 0.217. The summed E-state index contributed by atoms with van der Waals surface area (Å²) in [6.07, 6.45) is 0. The maximum absolute atomic E-state index is 13.9. The molecule has 1 unspecified atom stereocenters. The third kappa shape index (κ3) is 5.80. The van der Waals surface area contributed by atoms with Crippen LogP contribution in [0.2, 0.25) is 5.02 Å². The van der Waals surface area contributed by atoms with E-state index in [-0.39, 0.29) is 5.91 Å². The predicted octanol–water partition coefficient (Wildman–Crippen LogP) is 6.62. The Morgan fingerprint density at radius 1 is 1.10 bits per heavy atom. The van der Waals surface area contributed by atoms with Crippen LogP contribution in [-0.4, -0.2) is 41.4 Å². The molecule has 1 aliphatic rings. The molecule has 40 heavy (non-hydrogen) atoms. The van der Waals surface area contributed by atoms with Crippen molar-refractivity contribution in [3.05, 3.63) is 100 Å². The molecule has 206 valence electrons. The van der Waals surface area contributed by atoms with Gasteiger partial charge in [0.2, 0.25) is 11.1 Å². The van der Waals surface area contributed by atoms with Crippen LogP contribution in [-0.2, 0) is 10.5 Å². The minimum atomic E-state index is -0.492. The standard InChI is InChI=1S/C30H31ClN6O2S/c1-5-39-25-13-9-8-12-24(25)33-28(38)26-19(2)32-29-34-30(40-18-21-10-6-7-11-23(21)31)35-37(29)27(26)20-14-16-22(17-15-20)36(3)4/h6-17,27H,5,18H2,1-4H3,(H,33,38)(H,32,34,35). The normalized spacial score (nSPS) is 14.4. The minimum absolute atomic E-state index is 0.245. The molecule has 0 fully saturated rings. The summed E-state index contributed by atoms with van der Waals surface area (Å²) in [6.45, 7) is 4.30. The number of ether oxygens (including phenoxy) is 1. The summed E-state index contributed by atoms with van der Waals surface area (Å²) in [5.74, 6) is 1.57. The van der Waals surface area contributed by atoms with E-state index in [9.17, 15) is 4.79 Å². The molecule has 8 nitrogen and oxygen atoms in total. The zero-order chi connectivity index (χ0) is 28.2. The van der Waals surface area contributed by atoms with Gasteiger partial charge in [0.1, 0.15) is 11.8 Å². The number of anilines is 3. The molecule has 10 heteroatoms. The van der Waals surface area contributed by atoms with Crippen LogP contribution in [0.1, 0.15) is 31.0 Å². The van der Waals surface area contributed by atoms with Crippen LogP contribution in [0, 0.1) is 0 Å². The zero-order valence-electron chi connectivity index (χ0n) is 22.8. The average Bonchev–Trinajstić information content (AvgIpc) is 3.35. The maximum Gasteiger partial charge on any atom is 0.255 e. The van der Waals surface area contributed by atoms with Crippen LogP contribution < -0.4 is 20.3 Å². The van der Waals surface area contributed by atoms with Gasteiger partial charge >= 0.3 is 0 Å². The fourth-order valence-electron chi connectivity index (χ4n) is 4.55. The first-order valence-corrected chi connectivity index (χ1v) is 14.3. The fourth-order valence-corrected chi connectivity index (χ4v) is 5.66. The summed E-state index contributed by atoms with van der Waals surface area (Å²) in [4.78, 5) is 20.7. The molecule has 2 N–H and O–H groups in total. The molecule has 4 aromatic rings. The molecule has 3 aromatic carbocycles. The summed E-state index contributed by atoms with van der Waals surface area (Å²) in [6, 6.07) is 22.8. The Morgan fingerprint density at radius 3 is 2.55 bits per heavy atom. The molecule has 0 aliphatic carbocycles. The van der Waals surface area contributed by atoms with Crippen molar-refractivity contribution in [1.82, 2.24) is 14.8 Å². The second kappa shape index (κ2) is 12.1. The van der Waals surface area contributed by atoms with E-state index in [0.717, 1.165) is 16.8 Å². The Morgan fingerprint density at radius 2 is 1.82 bits per heavy atom. The number of benzene rings is 3. The molecule has 0 bridgehead atoms. The van der Waals surface area contributed by atoms with Gasteiger partial charge in [-0.3, -0.25) is 4.79 Å².